The van der Waals surface area contributed by atoms with Gasteiger partial charge in [-0.2, -0.15) is 5.10 Å². The summed E-state index contributed by atoms with van der Waals surface area (Å²) in [6.07, 6.45) is 1.10. The molecule has 1 amide bonds. The molecular weight excluding hydrogens is 444 g/mol. The van der Waals surface area contributed by atoms with Crippen LogP contribution in [0, 0.1) is 26.4 Å². The second kappa shape index (κ2) is 7.73. The highest BCUT2D eigenvalue weighted by Gasteiger charge is 2.76. The van der Waals surface area contributed by atoms with Crippen LogP contribution in [-0.4, -0.2) is 22.3 Å². The largest absolute Gasteiger partial charge is 0.325 e. The van der Waals surface area contributed by atoms with Crippen LogP contribution < -0.4 is 10.7 Å². The van der Waals surface area contributed by atoms with Crippen molar-refractivity contribution in [2.24, 2.45) is 21.3 Å². The van der Waals surface area contributed by atoms with E-state index in [0.717, 1.165) is 10.8 Å². The molecule has 8 nitrogen and oxygen atoms in total. The molecule has 2 aliphatic rings. The third kappa shape index (κ3) is 3.09. The Morgan fingerprint density at radius 3 is 2.37 bits per heavy atom. The molecule has 2 saturated carbocycles. The molecule has 5 rings (SSSR count). The number of hydrogen-bond acceptors (Lipinski definition) is 6. The lowest BCUT2D eigenvalue weighted by Crippen LogP contribution is -2.47. The van der Waals surface area contributed by atoms with Gasteiger partial charge in [0.1, 0.15) is 11.1 Å². The summed E-state index contributed by atoms with van der Waals surface area (Å²) in [6, 6.07) is 19.3. The highest BCUT2D eigenvalue weighted by Crippen LogP contribution is 2.69. The number of Topliss-reactive ketones (excluding diaryl/α,β-unsaturated/α-hetero) is 1. The van der Waals surface area contributed by atoms with Gasteiger partial charge in [-0.1, -0.05) is 57.2 Å². The quantitative estimate of drug-likeness (QED) is 0.288. The van der Waals surface area contributed by atoms with Crippen molar-refractivity contribution in [1.82, 2.24) is 0 Å². The van der Waals surface area contributed by atoms with E-state index in [9.17, 15) is 19.7 Å². The molecule has 0 aromatic heterocycles. The van der Waals surface area contributed by atoms with Crippen molar-refractivity contribution in [2.45, 2.75) is 33.6 Å². The summed E-state index contributed by atoms with van der Waals surface area (Å²) in [4.78, 5) is 38.1. The molecule has 2 atom stereocenters. The van der Waals surface area contributed by atoms with E-state index in [-0.39, 0.29) is 17.4 Å². The summed E-state index contributed by atoms with van der Waals surface area (Å²) in [5, 5.41) is 20.3. The van der Waals surface area contributed by atoms with Crippen molar-refractivity contribution in [3.8, 4) is 0 Å². The number of hydrazone groups is 1. The average molecular weight is 471 g/mol. The molecule has 2 bridgehead atoms. The van der Waals surface area contributed by atoms with Crippen LogP contribution in [0.5, 0.6) is 0 Å². The number of fused-ring (bicyclic) bond motifs is 3. The molecule has 35 heavy (non-hydrogen) atoms. The monoisotopic (exact) mass is 470 g/mol. The van der Waals surface area contributed by atoms with Crippen LogP contribution >= 0.6 is 0 Å². The van der Waals surface area contributed by atoms with E-state index in [4.69, 9.17) is 0 Å². The zero-order valence-electron chi connectivity index (χ0n) is 19.8. The van der Waals surface area contributed by atoms with Crippen molar-refractivity contribution in [3.05, 3.63) is 76.8 Å². The van der Waals surface area contributed by atoms with Gasteiger partial charge in [0.25, 0.3) is 5.69 Å². The van der Waals surface area contributed by atoms with E-state index < -0.39 is 21.2 Å². The van der Waals surface area contributed by atoms with Gasteiger partial charge >= 0.3 is 0 Å². The Bertz CT molecular complexity index is 1410. The molecule has 0 spiro atoms. The third-order valence-electron chi connectivity index (χ3n) is 8.37. The first-order valence-electron chi connectivity index (χ1n) is 11.5. The van der Waals surface area contributed by atoms with Gasteiger partial charge in [0.2, 0.25) is 5.91 Å². The average Bonchev–Trinajstić information content (AvgIpc) is 3.12. The predicted octanol–water partition coefficient (Wildman–Crippen LogP) is 5.55. The Hall–Kier alpha value is -4.07. The summed E-state index contributed by atoms with van der Waals surface area (Å²) in [5.41, 5.74) is 1.86. The van der Waals surface area contributed by atoms with Gasteiger partial charge in [-0.15, -0.1) is 0 Å². The number of benzene rings is 3. The first-order valence-corrected chi connectivity index (χ1v) is 11.5. The number of rotatable bonds is 5. The molecule has 3 aromatic carbocycles. The molecule has 8 heteroatoms. The van der Waals surface area contributed by atoms with Crippen LogP contribution in [0.25, 0.3) is 10.8 Å². The zero-order chi connectivity index (χ0) is 25.0. The van der Waals surface area contributed by atoms with Crippen molar-refractivity contribution in [1.29, 1.82) is 0 Å². The Morgan fingerprint density at radius 1 is 0.971 bits per heavy atom. The number of carbonyl (C=O) groups is 2. The fraction of sp³-hybridized carbons (Fsp3) is 0.296. The van der Waals surface area contributed by atoms with E-state index in [1.165, 1.54) is 24.3 Å². The Morgan fingerprint density at radius 2 is 1.66 bits per heavy atom. The lowest BCUT2D eigenvalue weighted by atomic mass is 9.64. The van der Waals surface area contributed by atoms with Gasteiger partial charge in [0.15, 0.2) is 5.78 Å². The second-order valence-electron chi connectivity index (χ2n) is 10.0. The lowest BCUT2D eigenvalue weighted by molar-refractivity contribution is -0.384. The van der Waals surface area contributed by atoms with Crippen LogP contribution in [0.3, 0.4) is 0 Å². The van der Waals surface area contributed by atoms with E-state index >= 15 is 0 Å². The van der Waals surface area contributed by atoms with Crippen molar-refractivity contribution < 1.29 is 14.5 Å². The number of ketones is 1. The lowest BCUT2D eigenvalue weighted by Gasteiger charge is -2.37. The van der Waals surface area contributed by atoms with E-state index in [0.29, 0.717) is 29.9 Å². The van der Waals surface area contributed by atoms with Gasteiger partial charge in [-0.25, -0.2) is 0 Å². The first-order chi connectivity index (χ1) is 16.6. The molecule has 178 valence electrons. The zero-order valence-corrected chi connectivity index (χ0v) is 19.8. The van der Waals surface area contributed by atoms with Gasteiger partial charge in [0, 0.05) is 28.6 Å². The van der Waals surface area contributed by atoms with Crippen LogP contribution in [0.1, 0.15) is 33.6 Å². The summed E-state index contributed by atoms with van der Waals surface area (Å²) < 4.78 is 0. The topological polar surface area (TPSA) is 114 Å². The Labute approximate surface area is 202 Å². The van der Waals surface area contributed by atoms with Crippen LogP contribution in [-0.2, 0) is 9.59 Å². The fourth-order valence-electron chi connectivity index (χ4n) is 5.81. The smallest absolute Gasteiger partial charge is 0.269 e. The van der Waals surface area contributed by atoms with Gasteiger partial charge in [0.05, 0.1) is 10.6 Å². The Kier molecular flexibility index (Phi) is 5.01. The summed E-state index contributed by atoms with van der Waals surface area (Å²) in [6.45, 7) is 5.92. The fourth-order valence-corrected chi connectivity index (χ4v) is 5.81. The molecule has 3 aromatic rings. The maximum absolute atomic E-state index is 13.9. The Balaban J connectivity index is 1.48. The van der Waals surface area contributed by atoms with Crippen molar-refractivity contribution in [2.75, 3.05) is 10.7 Å². The molecule has 0 radical (unpaired) electrons. The van der Waals surface area contributed by atoms with Crippen molar-refractivity contribution >= 4 is 45.2 Å². The number of non-ortho nitro benzene ring substituents is 1. The van der Waals surface area contributed by atoms with Crippen LogP contribution in [0.4, 0.5) is 17.1 Å². The molecular formula is C27H26N4O4. The molecule has 2 fully saturated rings. The highest BCUT2D eigenvalue weighted by atomic mass is 16.6. The number of hydrogen-bond donors (Lipinski definition) is 2. The molecule has 2 aliphatic carbocycles. The minimum absolute atomic E-state index is 0.0312. The number of nitro groups is 1. The summed E-state index contributed by atoms with van der Waals surface area (Å²) >= 11 is 0. The molecule has 0 saturated heterocycles. The number of amides is 1. The van der Waals surface area contributed by atoms with Crippen LogP contribution in [0.2, 0.25) is 0 Å². The predicted molar refractivity (Wildman–Crippen MR) is 135 cm³/mol. The van der Waals surface area contributed by atoms with Crippen LogP contribution in [0.15, 0.2) is 71.8 Å². The number of nitrogens with zero attached hydrogens (tertiary/aromatic N) is 2. The first kappa shape index (κ1) is 22.7. The SMILES string of the molecule is CC12CCC(C(=O)Nc3cccc4ccccc34)(C(=O)/C1=N\Nc1ccc([N+](=O)[O-])cc1)C2(C)C. The van der Waals surface area contributed by atoms with E-state index in [2.05, 4.69) is 15.8 Å². The van der Waals surface area contributed by atoms with E-state index in [1.54, 1.807) is 0 Å². The van der Waals surface area contributed by atoms with E-state index in [1.807, 2.05) is 63.2 Å². The number of nitro benzene ring substituents is 1. The normalized spacial score (nSPS) is 25.7. The number of nitrogens with one attached hydrogen (secondary N) is 2. The number of anilines is 2. The third-order valence-corrected chi connectivity index (χ3v) is 8.37. The number of carbonyl (C=O) groups excluding carboxylic acids is 2. The minimum Gasteiger partial charge on any atom is -0.325 e. The van der Waals surface area contributed by atoms with Gasteiger partial charge in [-0.3, -0.25) is 25.1 Å². The minimum atomic E-state index is -1.24. The van der Waals surface area contributed by atoms with Gasteiger partial charge < -0.3 is 5.32 Å². The molecule has 0 aliphatic heterocycles. The maximum atomic E-state index is 13.9. The van der Waals surface area contributed by atoms with Crippen molar-refractivity contribution in [3.63, 3.8) is 0 Å². The molecule has 2 unspecified atom stereocenters. The molecule has 0 heterocycles. The molecule has 2 N–H and O–H groups in total. The highest BCUT2D eigenvalue weighted by molar-refractivity contribution is 6.51. The summed E-state index contributed by atoms with van der Waals surface area (Å²) in [7, 11) is 0. The van der Waals surface area contributed by atoms with Gasteiger partial charge in [-0.05, 0) is 41.8 Å². The summed E-state index contributed by atoms with van der Waals surface area (Å²) in [5.74, 6) is -0.587. The standard InChI is InChI=1S/C27H26N4O4/c1-25(2)26(3)15-16-27(25,24(33)28-21-10-6-8-17-7-4-5-9-20(17)21)23(32)22(26)30-29-18-11-13-19(14-12-18)31(34)35/h4-14,29H,15-16H2,1-3H3,(H,28,33)/b30-22+. The maximum Gasteiger partial charge on any atom is 0.269 e. The second-order valence-corrected chi connectivity index (χ2v) is 10.0.